The lowest BCUT2D eigenvalue weighted by Crippen LogP contribution is -2.19. The molecule has 0 aliphatic heterocycles. The van der Waals surface area contributed by atoms with E-state index >= 15 is 0 Å². The van der Waals surface area contributed by atoms with Gasteiger partial charge >= 0.3 is 5.69 Å². The number of rotatable bonds is 5. The fraction of sp³-hybridized carbons (Fsp3) is 0.136. The van der Waals surface area contributed by atoms with Gasteiger partial charge < -0.3 is 0 Å². The predicted octanol–water partition coefficient (Wildman–Crippen LogP) is 4.42. The Morgan fingerprint density at radius 2 is 1.53 bits per heavy atom. The van der Waals surface area contributed by atoms with Gasteiger partial charge in [-0.25, -0.2) is 22.0 Å². The van der Waals surface area contributed by atoms with Crippen LogP contribution in [0.25, 0.3) is 11.0 Å². The molecule has 166 valence electrons. The molecule has 0 unspecified atom stereocenters. The van der Waals surface area contributed by atoms with Crippen LogP contribution in [-0.2, 0) is 24.1 Å². The summed E-state index contributed by atoms with van der Waals surface area (Å²) in [7, 11) is -0.820. The summed E-state index contributed by atoms with van der Waals surface area (Å²) in [5.74, 6) is -0.889. The number of aryl methyl sites for hydroxylation is 3. The molecular weight excluding hydrogens is 456 g/mol. The van der Waals surface area contributed by atoms with Crippen LogP contribution in [0.3, 0.4) is 0 Å². The highest BCUT2D eigenvalue weighted by molar-refractivity contribution is 7.99. The van der Waals surface area contributed by atoms with Crippen LogP contribution < -0.4 is 10.4 Å². The molecule has 4 aromatic rings. The molecular formula is C22H19F2N3O3S2. The van der Waals surface area contributed by atoms with E-state index in [0.717, 1.165) is 6.07 Å². The number of halogens is 2. The third-order valence-corrected chi connectivity index (χ3v) is 7.53. The van der Waals surface area contributed by atoms with Crippen molar-refractivity contribution in [2.75, 3.05) is 4.72 Å². The predicted molar refractivity (Wildman–Crippen MR) is 121 cm³/mol. The van der Waals surface area contributed by atoms with Crippen LogP contribution in [0.1, 0.15) is 5.56 Å². The summed E-state index contributed by atoms with van der Waals surface area (Å²) >= 11 is 1.22. The smallest absolute Gasteiger partial charge is 0.295 e. The molecule has 0 radical (unpaired) electrons. The second-order valence-corrected chi connectivity index (χ2v) is 10.1. The monoisotopic (exact) mass is 475 g/mol. The van der Waals surface area contributed by atoms with E-state index in [1.165, 1.54) is 52.1 Å². The first-order valence-electron chi connectivity index (χ1n) is 9.48. The highest BCUT2D eigenvalue weighted by Crippen LogP contribution is 2.37. The number of benzene rings is 3. The van der Waals surface area contributed by atoms with Gasteiger partial charge in [0.15, 0.2) is 0 Å². The standard InChI is InChI=1S/C22H19F2N3O3S2/c1-13-10-16(8-9-17(13)24)32(29,30)25-18-11-19-20(27(3)22(28)26(19)2)12-21(18)31-15-6-4-14(23)5-7-15/h4-12,25H,1-3H3. The maximum atomic E-state index is 13.6. The van der Waals surface area contributed by atoms with Crippen molar-refractivity contribution in [3.8, 4) is 0 Å². The number of nitrogens with one attached hydrogen (secondary N) is 1. The number of fused-ring (bicyclic) bond motifs is 1. The van der Waals surface area contributed by atoms with Crippen LogP contribution in [0, 0.1) is 18.6 Å². The van der Waals surface area contributed by atoms with E-state index in [2.05, 4.69) is 4.72 Å². The number of nitrogens with zero attached hydrogens (tertiary/aromatic N) is 2. The SMILES string of the molecule is Cc1cc(S(=O)(=O)Nc2cc3c(cc2Sc2ccc(F)cc2)n(C)c(=O)n3C)ccc1F. The van der Waals surface area contributed by atoms with Gasteiger partial charge in [-0.1, -0.05) is 11.8 Å². The first kappa shape index (κ1) is 22.1. The minimum atomic E-state index is -4.04. The van der Waals surface area contributed by atoms with E-state index in [0.29, 0.717) is 20.8 Å². The summed E-state index contributed by atoms with van der Waals surface area (Å²) in [5.41, 5.74) is 1.34. The fourth-order valence-electron chi connectivity index (χ4n) is 3.31. The average Bonchev–Trinajstić information content (AvgIpc) is 2.95. The first-order valence-corrected chi connectivity index (χ1v) is 11.8. The van der Waals surface area contributed by atoms with Gasteiger partial charge in [-0.05, 0) is 67.1 Å². The third kappa shape index (κ3) is 4.03. The van der Waals surface area contributed by atoms with Gasteiger partial charge in [0, 0.05) is 23.9 Å². The van der Waals surface area contributed by atoms with Gasteiger partial charge in [-0.2, -0.15) is 0 Å². The molecule has 4 rings (SSSR count). The summed E-state index contributed by atoms with van der Waals surface area (Å²) < 4.78 is 58.5. The summed E-state index contributed by atoms with van der Waals surface area (Å²) in [6.45, 7) is 1.48. The zero-order valence-corrected chi connectivity index (χ0v) is 19.0. The van der Waals surface area contributed by atoms with Crippen LogP contribution in [0.5, 0.6) is 0 Å². The zero-order valence-electron chi connectivity index (χ0n) is 17.4. The first-order chi connectivity index (χ1) is 15.1. The molecule has 0 saturated carbocycles. The highest BCUT2D eigenvalue weighted by atomic mass is 32.2. The Labute approximate surface area is 187 Å². The van der Waals surface area contributed by atoms with Gasteiger partial charge in [0.05, 0.1) is 21.6 Å². The maximum Gasteiger partial charge on any atom is 0.328 e. The summed E-state index contributed by atoms with van der Waals surface area (Å²) in [6.07, 6.45) is 0. The van der Waals surface area contributed by atoms with Gasteiger partial charge in [0.1, 0.15) is 11.6 Å². The molecule has 1 heterocycles. The van der Waals surface area contributed by atoms with Crippen molar-refractivity contribution in [2.45, 2.75) is 21.6 Å². The van der Waals surface area contributed by atoms with Gasteiger partial charge in [-0.15, -0.1) is 0 Å². The number of hydrogen-bond donors (Lipinski definition) is 1. The van der Waals surface area contributed by atoms with E-state index in [4.69, 9.17) is 0 Å². The lowest BCUT2D eigenvalue weighted by atomic mass is 10.2. The van der Waals surface area contributed by atoms with Crippen LogP contribution in [0.2, 0.25) is 0 Å². The van der Waals surface area contributed by atoms with Gasteiger partial charge in [0.25, 0.3) is 10.0 Å². The zero-order chi connectivity index (χ0) is 23.2. The average molecular weight is 476 g/mol. The van der Waals surface area contributed by atoms with E-state index in [1.807, 2.05) is 0 Å². The summed E-state index contributed by atoms with van der Waals surface area (Å²) in [4.78, 5) is 13.5. The van der Waals surface area contributed by atoms with Crippen molar-refractivity contribution < 1.29 is 17.2 Å². The second-order valence-electron chi connectivity index (χ2n) is 7.31. The van der Waals surface area contributed by atoms with E-state index in [9.17, 15) is 22.0 Å². The Hall–Kier alpha value is -3.11. The molecule has 0 bridgehead atoms. The molecule has 1 N–H and O–H groups in total. The van der Waals surface area contributed by atoms with E-state index in [1.54, 1.807) is 38.4 Å². The van der Waals surface area contributed by atoms with E-state index < -0.39 is 15.8 Å². The van der Waals surface area contributed by atoms with Crippen molar-refractivity contribution in [3.05, 3.63) is 82.3 Å². The van der Waals surface area contributed by atoms with Crippen LogP contribution in [0.15, 0.2) is 74.1 Å². The molecule has 0 spiro atoms. The number of hydrogen-bond acceptors (Lipinski definition) is 4. The Kier molecular flexibility index (Phi) is 5.59. The van der Waals surface area contributed by atoms with Crippen molar-refractivity contribution in [1.82, 2.24) is 9.13 Å². The normalized spacial score (nSPS) is 11.8. The molecule has 6 nitrogen and oxygen atoms in total. The number of anilines is 1. The van der Waals surface area contributed by atoms with Crippen molar-refractivity contribution in [3.63, 3.8) is 0 Å². The summed E-state index contributed by atoms with van der Waals surface area (Å²) in [5, 5.41) is 0. The molecule has 0 aliphatic rings. The van der Waals surface area contributed by atoms with Gasteiger partial charge in [0.2, 0.25) is 0 Å². The van der Waals surface area contributed by atoms with Crippen LogP contribution in [0.4, 0.5) is 14.5 Å². The number of aromatic nitrogens is 2. The molecule has 0 aliphatic carbocycles. The lowest BCUT2D eigenvalue weighted by molar-refractivity contribution is 0.598. The quantitative estimate of drug-likeness (QED) is 0.464. The Morgan fingerprint density at radius 1 is 0.906 bits per heavy atom. The van der Waals surface area contributed by atoms with Gasteiger partial charge in [-0.3, -0.25) is 13.9 Å². The molecule has 0 saturated heterocycles. The Morgan fingerprint density at radius 3 is 2.16 bits per heavy atom. The molecule has 3 aromatic carbocycles. The fourth-order valence-corrected chi connectivity index (χ4v) is 5.44. The highest BCUT2D eigenvalue weighted by Gasteiger charge is 2.20. The minimum Gasteiger partial charge on any atom is -0.295 e. The van der Waals surface area contributed by atoms with E-state index in [-0.39, 0.29) is 27.7 Å². The van der Waals surface area contributed by atoms with Crippen molar-refractivity contribution >= 4 is 38.5 Å². The number of imidazole rings is 1. The minimum absolute atomic E-state index is 0.0869. The molecule has 0 atom stereocenters. The molecule has 0 fully saturated rings. The molecule has 0 amide bonds. The second kappa shape index (κ2) is 8.10. The van der Waals surface area contributed by atoms with Crippen molar-refractivity contribution in [2.24, 2.45) is 14.1 Å². The Balaban J connectivity index is 1.85. The topological polar surface area (TPSA) is 73.1 Å². The number of sulfonamides is 1. The Bertz CT molecular complexity index is 1510. The third-order valence-electron chi connectivity index (χ3n) is 5.10. The summed E-state index contributed by atoms with van der Waals surface area (Å²) in [6, 6.07) is 12.6. The van der Waals surface area contributed by atoms with Crippen LogP contribution in [-0.4, -0.2) is 17.6 Å². The van der Waals surface area contributed by atoms with Crippen molar-refractivity contribution in [1.29, 1.82) is 0 Å². The molecule has 10 heteroatoms. The largest absolute Gasteiger partial charge is 0.328 e. The molecule has 1 aromatic heterocycles. The maximum absolute atomic E-state index is 13.6. The van der Waals surface area contributed by atoms with Crippen LogP contribution >= 0.6 is 11.8 Å². The molecule has 32 heavy (non-hydrogen) atoms. The lowest BCUT2D eigenvalue weighted by Gasteiger charge is -2.14.